The summed E-state index contributed by atoms with van der Waals surface area (Å²) in [4.78, 5) is 0. The van der Waals surface area contributed by atoms with Gasteiger partial charge in [-0.05, 0) is 35.0 Å². The Labute approximate surface area is 112 Å². The normalized spacial score (nSPS) is 10.7. The number of rotatable bonds is 3. The van der Waals surface area contributed by atoms with Crippen LogP contribution in [0.5, 0.6) is 5.75 Å². The molecule has 0 fully saturated rings. The maximum atomic E-state index is 5.64. The number of nitrogens with zero attached hydrogens (tertiary/aromatic N) is 1. The molecule has 0 saturated heterocycles. The number of hydrogen-bond acceptors (Lipinski definition) is 3. The Morgan fingerprint density at radius 3 is 2.72 bits per heavy atom. The van der Waals surface area contributed by atoms with Crippen molar-refractivity contribution >= 4 is 26.7 Å². The number of hydrogen-bond donors (Lipinski definition) is 0. The molecule has 3 rings (SSSR count). The molecule has 0 saturated carbocycles. The van der Waals surface area contributed by atoms with Gasteiger partial charge in [0.2, 0.25) is 0 Å². The molecule has 0 aliphatic rings. The fraction of sp³-hybridized carbons (Fsp3) is 0.0714. The van der Waals surface area contributed by atoms with Crippen molar-refractivity contribution in [2.24, 2.45) is 0 Å². The van der Waals surface area contributed by atoms with E-state index in [1.54, 1.807) is 12.3 Å². The van der Waals surface area contributed by atoms with Gasteiger partial charge in [-0.15, -0.1) is 0 Å². The van der Waals surface area contributed by atoms with Crippen LogP contribution in [0.4, 0.5) is 0 Å². The first-order chi connectivity index (χ1) is 8.81. The first-order valence-electron chi connectivity index (χ1n) is 5.53. The van der Waals surface area contributed by atoms with Crippen molar-refractivity contribution in [1.29, 1.82) is 0 Å². The molecule has 0 atom stereocenters. The lowest BCUT2D eigenvalue weighted by Crippen LogP contribution is -1.93. The fourth-order valence-electron chi connectivity index (χ4n) is 1.76. The van der Waals surface area contributed by atoms with Gasteiger partial charge >= 0.3 is 0 Å². The third-order valence-electron chi connectivity index (χ3n) is 2.65. The summed E-state index contributed by atoms with van der Waals surface area (Å²) in [5.74, 6) is 1.53. The van der Waals surface area contributed by atoms with E-state index in [0.717, 1.165) is 15.6 Å². The molecule has 0 amide bonds. The highest BCUT2D eigenvalue weighted by Gasteiger charge is 2.01. The van der Waals surface area contributed by atoms with Crippen LogP contribution in [0.1, 0.15) is 5.76 Å². The summed E-state index contributed by atoms with van der Waals surface area (Å²) in [6, 6.07) is 13.9. The van der Waals surface area contributed by atoms with E-state index in [4.69, 9.17) is 9.26 Å². The molecular formula is C14H10BrNO2. The molecule has 0 aliphatic carbocycles. The maximum Gasteiger partial charge on any atom is 0.174 e. The molecule has 0 spiro atoms. The van der Waals surface area contributed by atoms with Gasteiger partial charge in [0.25, 0.3) is 0 Å². The predicted molar refractivity (Wildman–Crippen MR) is 72.5 cm³/mol. The topological polar surface area (TPSA) is 35.3 Å². The van der Waals surface area contributed by atoms with Gasteiger partial charge in [0.1, 0.15) is 12.4 Å². The molecule has 1 aromatic heterocycles. The molecule has 0 radical (unpaired) electrons. The zero-order valence-electron chi connectivity index (χ0n) is 9.47. The van der Waals surface area contributed by atoms with E-state index in [9.17, 15) is 0 Å². The standard InChI is InChI=1S/C14H10BrNO2/c15-12-3-1-11-8-13(4-2-10(11)7-12)17-9-14-5-6-16-18-14/h1-8H,9H2. The van der Waals surface area contributed by atoms with E-state index in [0.29, 0.717) is 12.4 Å². The SMILES string of the molecule is Brc1ccc2cc(OCc3ccno3)ccc2c1. The van der Waals surface area contributed by atoms with Gasteiger partial charge in [-0.1, -0.05) is 33.2 Å². The highest BCUT2D eigenvalue weighted by Crippen LogP contribution is 2.24. The van der Waals surface area contributed by atoms with E-state index in [2.05, 4.69) is 33.2 Å². The van der Waals surface area contributed by atoms with Crippen molar-refractivity contribution in [3.63, 3.8) is 0 Å². The number of benzene rings is 2. The molecule has 4 heteroatoms. The predicted octanol–water partition coefficient (Wildman–Crippen LogP) is 4.17. The van der Waals surface area contributed by atoms with E-state index >= 15 is 0 Å². The van der Waals surface area contributed by atoms with Crippen LogP contribution in [-0.4, -0.2) is 5.16 Å². The summed E-state index contributed by atoms with van der Waals surface area (Å²) in [5.41, 5.74) is 0. The molecule has 90 valence electrons. The lowest BCUT2D eigenvalue weighted by Gasteiger charge is -2.05. The minimum Gasteiger partial charge on any atom is -0.486 e. The summed E-state index contributed by atoms with van der Waals surface area (Å²) < 4.78 is 11.7. The Hall–Kier alpha value is -1.81. The molecular weight excluding hydrogens is 294 g/mol. The van der Waals surface area contributed by atoms with Crippen LogP contribution in [0.2, 0.25) is 0 Å². The number of fused-ring (bicyclic) bond motifs is 1. The monoisotopic (exact) mass is 303 g/mol. The molecule has 2 aromatic carbocycles. The highest BCUT2D eigenvalue weighted by atomic mass is 79.9. The summed E-state index contributed by atoms with van der Waals surface area (Å²) in [6.45, 7) is 0.391. The van der Waals surface area contributed by atoms with E-state index in [-0.39, 0.29) is 0 Å². The second kappa shape index (κ2) is 4.82. The van der Waals surface area contributed by atoms with Crippen molar-refractivity contribution in [2.75, 3.05) is 0 Å². The van der Waals surface area contributed by atoms with Gasteiger partial charge in [0, 0.05) is 10.5 Å². The quantitative estimate of drug-likeness (QED) is 0.728. The molecule has 0 aliphatic heterocycles. The largest absolute Gasteiger partial charge is 0.486 e. The smallest absolute Gasteiger partial charge is 0.174 e. The molecule has 3 nitrogen and oxygen atoms in total. The number of ether oxygens (including phenoxy) is 1. The summed E-state index contributed by atoms with van der Waals surface area (Å²) in [6.07, 6.45) is 1.61. The van der Waals surface area contributed by atoms with Crippen molar-refractivity contribution in [3.05, 3.63) is 58.9 Å². The lowest BCUT2D eigenvalue weighted by molar-refractivity contribution is 0.249. The van der Waals surface area contributed by atoms with Crippen molar-refractivity contribution in [3.8, 4) is 5.75 Å². The van der Waals surface area contributed by atoms with Crippen molar-refractivity contribution < 1.29 is 9.26 Å². The molecule has 0 unspecified atom stereocenters. The third kappa shape index (κ3) is 2.38. The average Bonchev–Trinajstić information content (AvgIpc) is 2.89. The molecule has 0 N–H and O–H groups in total. The summed E-state index contributed by atoms with van der Waals surface area (Å²) in [5, 5.41) is 5.96. The minimum absolute atomic E-state index is 0.391. The summed E-state index contributed by atoms with van der Waals surface area (Å²) >= 11 is 3.46. The van der Waals surface area contributed by atoms with Gasteiger partial charge in [-0.3, -0.25) is 0 Å². The van der Waals surface area contributed by atoms with Gasteiger partial charge in [-0.2, -0.15) is 0 Å². The molecule has 3 aromatic rings. The van der Waals surface area contributed by atoms with Gasteiger partial charge < -0.3 is 9.26 Å². The lowest BCUT2D eigenvalue weighted by atomic mass is 10.1. The Morgan fingerprint density at radius 2 is 1.89 bits per heavy atom. The zero-order chi connectivity index (χ0) is 12.4. The molecule has 0 bridgehead atoms. The second-order valence-corrected chi connectivity index (χ2v) is 4.84. The van der Waals surface area contributed by atoms with E-state index in [1.807, 2.05) is 24.3 Å². The van der Waals surface area contributed by atoms with Gasteiger partial charge in [0.15, 0.2) is 5.76 Å². The van der Waals surface area contributed by atoms with Crippen LogP contribution in [0.25, 0.3) is 10.8 Å². The third-order valence-corrected chi connectivity index (χ3v) is 3.14. The van der Waals surface area contributed by atoms with E-state index in [1.165, 1.54) is 5.39 Å². The highest BCUT2D eigenvalue weighted by molar-refractivity contribution is 9.10. The van der Waals surface area contributed by atoms with E-state index < -0.39 is 0 Å². The average molecular weight is 304 g/mol. The first kappa shape index (κ1) is 11.3. The fourth-order valence-corrected chi connectivity index (χ4v) is 2.13. The molecule has 1 heterocycles. The van der Waals surface area contributed by atoms with Crippen LogP contribution >= 0.6 is 15.9 Å². The van der Waals surface area contributed by atoms with Crippen LogP contribution in [0, 0.1) is 0 Å². The first-order valence-corrected chi connectivity index (χ1v) is 6.32. The van der Waals surface area contributed by atoms with Gasteiger partial charge in [-0.25, -0.2) is 0 Å². The Balaban J connectivity index is 1.82. The number of halogens is 1. The zero-order valence-corrected chi connectivity index (χ0v) is 11.1. The maximum absolute atomic E-state index is 5.64. The van der Waals surface area contributed by atoms with Crippen LogP contribution in [0.15, 0.2) is 57.7 Å². The Bertz CT molecular complexity index is 665. The number of aromatic nitrogens is 1. The van der Waals surface area contributed by atoms with Gasteiger partial charge in [0.05, 0.1) is 6.20 Å². The van der Waals surface area contributed by atoms with Crippen LogP contribution in [-0.2, 0) is 6.61 Å². The minimum atomic E-state index is 0.391. The second-order valence-electron chi connectivity index (χ2n) is 3.92. The van der Waals surface area contributed by atoms with Crippen molar-refractivity contribution in [2.45, 2.75) is 6.61 Å². The van der Waals surface area contributed by atoms with Crippen LogP contribution < -0.4 is 4.74 Å². The Kier molecular flexibility index (Phi) is 3.02. The van der Waals surface area contributed by atoms with Crippen LogP contribution in [0.3, 0.4) is 0 Å². The van der Waals surface area contributed by atoms with Crippen molar-refractivity contribution in [1.82, 2.24) is 5.16 Å². The Morgan fingerprint density at radius 1 is 1.06 bits per heavy atom. The molecule has 18 heavy (non-hydrogen) atoms. The summed E-state index contributed by atoms with van der Waals surface area (Å²) in [7, 11) is 0.